The fourth-order valence-electron chi connectivity index (χ4n) is 6.36. The van der Waals surface area contributed by atoms with Gasteiger partial charge in [0.05, 0.1) is 18.6 Å². The summed E-state index contributed by atoms with van der Waals surface area (Å²) in [7, 11) is 0. The third-order valence-corrected chi connectivity index (χ3v) is 8.35. The highest BCUT2D eigenvalue weighted by Crippen LogP contribution is 2.43. The lowest BCUT2D eigenvalue weighted by molar-refractivity contribution is -0.149. The van der Waals surface area contributed by atoms with Gasteiger partial charge in [0.25, 0.3) is 5.91 Å². The monoisotopic (exact) mass is 553 g/mol. The molecule has 2 aliphatic rings. The van der Waals surface area contributed by atoms with E-state index in [1.165, 1.54) is 0 Å². The molecule has 0 spiro atoms. The van der Waals surface area contributed by atoms with Crippen molar-refractivity contribution in [3.05, 3.63) is 95.6 Å². The lowest BCUT2D eigenvalue weighted by atomic mass is 9.81. The van der Waals surface area contributed by atoms with E-state index in [4.69, 9.17) is 4.74 Å². The van der Waals surface area contributed by atoms with E-state index in [9.17, 15) is 14.4 Å². The van der Waals surface area contributed by atoms with Crippen molar-refractivity contribution in [1.29, 1.82) is 0 Å². The molecule has 4 atom stereocenters. The fourth-order valence-corrected chi connectivity index (χ4v) is 6.36. The highest BCUT2D eigenvalue weighted by atomic mass is 16.5. The average Bonchev–Trinajstić information content (AvgIpc) is 3.01. The molecule has 2 aliphatic heterocycles. The summed E-state index contributed by atoms with van der Waals surface area (Å²) in [6.45, 7) is 7.55. The average molecular weight is 554 g/mol. The Hall–Kier alpha value is -3.97. The molecule has 1 fully saturated rings. The van der Waals surface area contributed by atoms with Crippen molar-refractivity contribution in [1.82, 2.24) is 5.32 Å². The maximum Gasteiger partial charge on any atom is 0.310 e. The van der Waals surface area contributed by atoms with Gasteiger partial charge >= 0.3 is 5.97 Å². The van der Waals surface area contributed by atoms with Crippen LogP contribution in [0.3, 0.4) is 0 Å². The summed E-state index contributed by atoms with van der Waals surface area (Å²) in [4.78, 5) is 43.6. The van der Waals surface area contributed by atoms with Gasteiger partial charge in [-0.3, -0.25) is 14.4 Å². The minimum Gasteiger partial charge on any atom is -0.466 e. The first-order valence-corrected chi connectivity index (χ1v) is 14.7. The molecule has 0 saturated carbocycles. The summed E-state index contributed by atoms with van der Waals surface area (Å²) in [5.74, 6) is -0.387. The van der Waals surface area contributed by atoms with Gasteiger partial charge in [-0.2, -0.15) is 0 Å². The minimum atomic E-state index is -0.241. The third kappa shape index (κ3) is 5.77. The van der Waals surface area contributed by atoms with Crippen LogP contribution < -0.4 is 15.1 Å². The van der Waals surface area contributed by atoms with E-state index in [1.807, 2.05) is 109 Å². The molecule has 2 heterocycles. The number of benzene rings is 3. The Balaban J connectivity index is 1.43. The van der Waals surface area contributed by atoms with Crippen molar-refractivity contribution >= 4 is 29.2 Å². The molecule has 7 nitrogen and oxygen atoms in total. The second-order valence-corrected chi connectivity index (χ2v) is 10.9. The molecular weight excluding hydrogens is 514 g/mol. The quantitative estimate of drug-likeness (QED) is 0.371. The molecule has 5 rings (SSSR count). The van der Waals surface area contributed by atoms with Gasteiger partial charge in [-0.15, -0.1) is 0 Å². The Morgan fingerprint density at radius 1 is 0.951 bits per heavy atom. The standard InChI is InChI=1S/C34H39N3O4/c1-4-32(38)37(26-11-7-6-8-12-26)31-21-23(3)36(30-14-10-9-13-28(30)31)33(39)25-17-15-24(16-18-25)27-19-20-35-22-29(27)34(40)41-5-2/h6-18,23,27,29,31,35H,4-5,19-22H2,1-3H3. The zero-order valence-electron chi connectivity index (χ0n) is 24.1. The zero-order chi connectivity index (χ0) is 28.9. The molecule has 0 aromatic heterocycles. The van der Waals surface area contributed by atoms with E-state index in [-0.39, 0.29) is 41.7 Å². The largest absolute Gasteiger partial charge is 0.466 e. The molecular formula is C34H39N3O4. The van der Waals surface area contributed by atoms with Crippen LogP contribution in [0.5, 0.6) is 0 Å². The van der Waals surface area contributed by atoms with Crippen molar-refractivity contribution in [2.45, 2.75) is 58.0 Å². The summed E-state index contributed by atoms with van der Waals surface area (Å²) < 4.78 is 5.33. The third-order valence-electron chi connectivity index (χ3n) is 8.35. The van der Waals surface area contributed by atoms with E-state index in [0.29, 0.717) is 31.6 Å². The van der Waals surface area contributed by atoms with Gasteiger partial charge in [0.15, 0.2) is 0 Å². The SMILES string of the molecule is CCOC(=O)C1CNCCC1c1ccc(C(=O)N2c3ccccc3C(N(C(=O)CC)c3ccccc3)CC2C)cc1. The Kier molecular flexibility index (Phi) is 8.84. The number of nitrogens with zero attached hydrogens (tertiary/aromatic N) is 2. The molecule has 1 N–H and O–H groups in total. The first-order chi connectivity index (χ1) is 19.9. The van der Waals surface area contributed by atoms with Gasteiger partial charge in [-0.1, -0.05) is 55.5 Å². The molecule has 0 aliphatic carbocycles. The Morgan fingerprint density at radius 3 is 2.37 bits per heavy atom. The molecule has 0 radical (unpaired) electrons. The maximum atomic E-state index is 14.0. The van der Waals surface area contributed by atoms with E-state index in [2.05, 4.69) is 5.32 Å². The maximum absolute atomic E-state index is 14.0. The number of nitrogens with one attached hydrogen (secondary N) is 1. The zero-order valence-corrected chi connectivity index (χ0v) is 24.1. The smallest absolute Gasteiger partial charge is 0.310 e. The number of fused-ring (bicyclic) bond motifs is 1. The number of hydrogen-bond acceptors (Lipinski definition) is 5. The van der Waals surface area contributed by atoms with Gasteiger partial charge in [0, 0.05) is 35.9 Å². The molecule has 214 valence electrons. The van der Waals surface area contributed by atoms with E-state index >= 15 is 0 Å². The van der Waals surface area contributed by atoms with Crippen LogP contribution in [0.15, 0.2) is 78.9 Å². The van der Waals surface area contributed by atoms with Crippen molar-refractivity contribution in [3.63, 3.8) is 0 Å². The van der Waals surface area contributed by atoms with Crippen LogP contribution in [-0.4, -0.2) is 43.5 Å². The van der Waals surface area contributed by atoms with Crippen LogP contribution in [0.25, 0.3) is 0 Å². The van der Waals surface area contributed by atoms with Crippen LogP contribution in [-0.2, 0) is 14.3 Å². The van der Waals surface area contributed by atoms with E-state index in [0.717, 1.165) is 35.5 Å². The van der Waals surface area contributed by atoms with Gasteiger partial charge in [0.2, 0.25) is 5.91 Å². The first-order valence-electron chi connectivity index (χ1n) is 14.7. The fraction of sp³-hybridized carbons (Fsp3) is 0.382. The number of ether oxygens (including phenoxy) is 1. The molecule has 3 aromatic carbocycles. The molecule has 3 aromatic rings. The number of carbonyl (C=O) groups is 3. The van der Waals surface area contributed by atoms with Gasteiger partial charge in [0.1, 0.15) is 0 Å². The van der Waals surface area contributed by atoms with Crippen LogP contribution in [0, 0.1) is 5.92 Å². The second kappa shape index (κ2) is 12.7. The summed E-state index contributed by atoms with van der Waals surface area (Å²) in [5, 5.41) is 3.31. The Bertz CT molecular complexity index is 1370. The number of hydrogen-bond donors (Lipinski definition) is 1. The molecule has 2 amide bonds. The lowest BCUT2D eigenvalue weighted by Gasteiger charge is -2.43. The predicted octanol–water partition coefficient (Wildman–Crippen LogP) is 5.87. The first kappa shape index (κ1) is 28.6. The summed E-state index contributed by atoms with van der Waals surface area (Å²) in [5.41, 5.74) is 4.30. The Labute approximate surface area is 242 Å². The molecule has 41 heavy (non-hydrogen) atoms. The number of para-hydroxylation sites is 2. The lowest BCUT2D eigenvalue weighted by Crippen LogP contribution is -2.47. The van der Waals surface area contributed by atoms with Crippen molar-refractivity contribution in [2.24, 2.45) is 5.92 Å². The molecule has 7 heteroatoms. The normalized spacial score (nSPS) is 22.0. The van der Waals surface area contributed by atoms with Crippen LogP contribution in [0.1, 0.15) is 73.5 Å². The number of carbonyl (C=O) groups excluding carboxylic acids is 3. The minimum absolute atomic E-state index is 0.0509. The van der Waals surface area contributed by atoms with Crippen LogP contribution >= 0.6 is 0 Å². The molecule has 1 saturated heterocycles. The number of rotatable bonds is 7. The second-order valence-electron chi connectivity index (χ2n) is 10.9. The van der Waals surface area contributed by atoms with Gasteiger partial charge in [-0.05, 0) is 80.6 Å². The Morgan fingerprint density at radius 2 is 1.66 bits per heavy atom. The predicted molar refractivity (Wildman–Crippen MR) is 161 cm³/mol. The van der Waals surface area contributed by atoms with Crippen LogP contribution in [0.4, 0.5) is 11.4 Å². The van der Waals surface area contributed by atoms with Gasteiger partial charge in [-0.25, -0.2) is 0 Å². The van der Waals surface area contributed by atoms with Crippen molar-refractivity contribution in [2.75, 3.05) is 29.5 Å². The highest BCUT2D eigenvalue weighted by Gasteiger charge is 2.39. The van der Waals surface area contributed by atoms with Crippen molar-refractivity contribution in [3.8, 4) is 0 Å². The number of esters is 1. The molecule has 4 unspecified atom stereocenters. The van der Waals surface area contributed by atoms with Crippen LogP contribution in [0.2, 0.25) is 0 Å². The summed E-state index contributed by atoms with van der Waals surface area (Å²) in [6.07, 6.45) is 1.85. The van der Waals surface area contributed by atoms with Crippen molar-refractivity contribution < 1.29 is 19.1 Å². The van der Waals surface area contributed by atoms with Gasteiger partial charge < -0.3 is 19.9 Å². The summed E-state index contributed by atoms with van der Waals surface area (Å²) >= 11 is 0. The summed E-state index contributed by atoms with van der Waals surface area (Å²) in [6, 6.07) is 25.1. The van der Waals surface area contributed by atoms with E-state index in [1.54, 1.807) is 0 Å². The number of amides is 2. The van der Waals surface area contributed by atoms with E-state index < -0.39 is 0 Å². The molecule has 0 bridgehead atoms. The number of anilines is 2. The highest BCUT2D eigenvalue weighted by molar-refractivity contribution is 6.07. The number of piperidine rings is 1. The topological polar surface area (TPSA) is 79.0 Å².